The Bertz CT molecular complexity index is 967. The highest BCUT2D eigenvalue weighted by atomic mass is 19.1. The predicted octanol–water partition coefficient (Wildman–Crippen LogP) is 6.20. The van der Waals surface area contributed by atoms with Gasteiger partial charge in [0.05, 0.1) is 0 Å². The molecule has 0 aromatic heterocycles. The first kappa shape index (κ1) is 17.0. The van der Waals surface area contributed by atoms with E-state index in [1.165, 1.54) is 5.56 Å². The van der Waals surface area contributed by atoms with E-state index in [1.807, 2.05) is 55.5 Å². The van der Waals surface area contributed by atoms with E-state index in [9.17, 15) is 4.39 Å². The van der Waals surface area contributed by atoms with Crippen molar-refractivity contribution in [1.29, 1.82) is 0 Å². The second-order valence-corrected chi connectivity index (χ2v) is 6.20. The second kappa shape index (κ2) is 7.81. The van der Waals surface area contributed by atoms with Crippen LogP contribution in [-0.2, 0) is 6.42 Å². The Morgan fingerprint density at radius 1 is 0.920 bits per heavy atom. The lowest BCUT2D eigenvalue weighted by Crippen LogP contribution is -1.92. The van der Waals surface area contributed by atoms with Crippen molar-refractivity contribution in [1.82, 2.24) is 0 Å². The van der Waals surface area contributed by atoms with Crippen LogP contribution in [0.1, 0.15) is 35.6 Å². The quantitative estimate of drug-likeness (QED) is 0.397. The molecule has 0 aliphatic carbocycles. The van der Waals surface area contributed by atoms with E-state index < -0.39 is 0 Å². The molecule has 0 unspecified atom stereocenters. The summed E-state index contributed by atoms with van der Waals surface area (Å²) < 4.78 is 14.7. The van der Waals surface area contributed by atoms with Crippen LogP contribution in [0.2, 0.25) is 0 Å². The van der Waals surface area contributed by atoms with Crippen molar-refractivity contribution in [2.45, 2.75) is 26.7 Å². The molecule has 3 aromatic rings. The van der Waals surface area contributed by atoms with Gasteiger partial charge in [-0.3, -0.25) is 0 Å². The first-order chi connectivity index (χ1) is 12.2. The first-order valence-corrected chi connectivity index (χ1v) is 8.58. The summed E-state index contributed by atoms with van der Waals surface area (Å²) in [4.78, 5) is 0. The van der Waals surface area contributed by atoms with Crippen molar-refractivity contribution >= 4 is 10.8 Å². The van der Waals surface area contributed by atoms with Gasteiger partial charge in [0.15, 0.2) is 0 Å². The highest BCUT2D eigenvalue weighted by molar-refractivity contribution is 5.85. The van der Waals surface area contributed by atoms with Crippen LogP contribution in [0, 0.1) is 24.6 Å². The van der Waals surface area contributed by atoms with Crippen LogP contribution in [0.25, 0.3) is 10.8 Å². The Hall–Kier alpha value is -2.85. The van der Waals surface area contributed by atoms with Crippen LogP contribution in [0.3, 0.4) is 0 Å². The summed E-state index contributed by atoms with van der Waals surface area (Å²) >= 11 is 0. The Morgan fingerprint density at radius 3 is 2.40 bits per heavy atom. The third-order valence-electron chi connectivity index (χ3n) is 4.25. The number of rotatable bonds is 3. The number of benzene rings is 3. The molecule has 0 radical (unpaired) electrons. The normalized spacial score (nSPS) is 10.8. The molecular weight excluding hydrogens is 307 g/mol. The van der Waals surface area contributed by atoms with Crippen LogP contribution in [0.5, 0.6) is 0 Å². The molecule has 0 aliphatic rings. The molecule has 0 N–H and O–H groups in total. The Labute approximate surface area is 149 Å². The Kier molecular flexibility index (Phi) is 5.31. The lowest BCUT2D eigenvalue weighted by Gasteiger charge is -2.06. The van der Waals surface area contributed by atoms with E-state index in [0.717, 1.165) is 34.9 Å². The first-order valence-electron chi connectivity index (χ1n) is 8.58. The lowest BCUT2D eigenvalue weighted by atomic mass is 10.0. The van der Waals surface area contributed by atoms with Gasteiger partial charge in [-0.05, 0) is 61.9 Å². The fourth-order valence-electron chi connectivity index (χ4n) is 2.79. The van der Waals surface area contributed by atoms with Crippen molar-refractivity contribution in [3.8, 4) is 11.8 Å². The van der Waals surface area contributed by atoms with Gasteiger partial charge < -0.3 is 0 Å². The molecule has 0 nitrogen and oxygen atoms in total. The van der Waals surface area contributed by atoms with Crippen molar-refractivity contribution in [2.24, 2.45) is 0 Å². The average Bonchev–Trinajstić information content (AvgIpc) is 2.63. The SMILES string of the molecule is C/C=C/CCc1ccc2cc(C#Cc3ccc(C)cc3)ccc2c1F. The lowest BCUT2D eigenvalue weighted by molar-refractivity contribution is 0.621. The maximum atomic E-state index is 14.7. The van der Waals surface area contributed by atoms with Crippen LogP contribution >= 0.6 is 0 Å². The Balaban J connectivity index is 1.88. The zero-order valence-electron chi connectivity index (χ0n) is 14.6. The molecule has 0 saturated heterocycles. The molecule has 0 bridgehead atoms. The predicted molar refractivity (Wildman–Crippen MR) is 104 cm³/mol. The van der Waals surface area contributed by atoms with Gasteiger partial charge in [0, 0.05) is 16.5 Å². The van der Waals surface area contributed by atoms with Crippen LogP contribution < -0.4 is 0 Å². The van der Waals surface area contributed by atoms with Gasteiger partial charge in [0.1, 0.15) is 5.82 Å². The van der Waals surface area contributed by atoms with Gasteiger partial charge in [-0.15, -0.1) is 0 Å². The van der Waals surface area contributed by atoms with Crippen molar-refractivity contribution in [2.75, 3.05) is 0 Å². The molecule has 1 heteroatoms. The van der Waals surface area contributed by atoms with Crippen molar-refractivity contribution in [3.63, 3.8) is 0 Å². The number of aryl methyl sites for hydroxylation is 2. The summed E-state index contributed by atoms with van der Waals surface area (Å²) in [6, 6.07) is 17.7. The summed E-state index contributed by atoms with van der Waals surface area (Å²) in [5.74, 6) is 6.22. The maximum Gasteiger partial charge on any atom is 0.134 e. The molecular formula is C24H21F. The molecule has 0 saturated carbocycles. The minimum absolute atomic E-state index is 0.111. The molecule has 3 rings (SSSR count). The second-order valence-electron chi connectivity index (χ2n) is 6.20. The summed E-state index contributed by atoms with van der Waals surface area (Å²) in [5.41, 5.74) is 3.87. The summed E-state index contributed by atoms with van der Waals surface area (Å²) in [7, 11) is 0. The molecule has 124 valence electrons. The molecule has 0 aliphatic heterocycles. The van der Waals surface area contributed by atoms with E-state index >= 15 is 0 Å². The molecule has 0 spiro atoms. The van der Waals surface area contributed by atoms with Gasteiger partial charge in [0.2, 0.25) is 0 Å². The fourth-order valence-corrected chi connectivity index (χ4v) is 2.79. The monoisotopic (exact) mass is 328 g/mol. The van der Waals surface area contributed by atoms with E-state index in [0.29, 0.717) is 5.39 Å². The summed E-state index contributed by atoms with van der Waals surface area (Å²) in [6.07, 6.45) is 5.64. The number of allylic oxidation sites excluding steroid dienone is 2. The zero-order chi connectivity index (χ0) is 17.6. The number of hydrogen-bond acceptors (Lipinski definition) is 0. The van der Waals surface area contributed by atoms with E-state index in [-0.39, 0.29) is 5.82 Å². The summed E-state index contributed by atoms with van der Waals surface area (Å²) in [6.45, 7) is 4.04. The maximum absolute atomic E-state index is 14.7. The highest BCUT2D eigenvalue weighted by Gasteiger charge is 2.07. The fraction of sp³-hybridized carbons (Fsp3) is 0.167. The van der Waals surface area contributed by atoms with Gasteiger partial charge >= 0.3 is 0 Å². The molecule has 25 heavy (non-hydrogen) atoms. The molecule has 0 fully saturated rings. The molecule has 0 heterocycles. The van der Waals surface area contributed by atoms with Crippen molar-refractivity contribution in [3.05, 3.63) is 94.8 Å². The Morgan fingerprint density at radius 2 is 1.64 bits per heavy atom. The van der Waals surface area contributed by atoms with Gasteiger partial charge in [-0.25, -0.2) is 4.39 Å². The largest absolute Gasteiger partial charge is 0.206 e. The number of fused-ring (bicyclic) bond motifs is 1. The number of hydrogen-bond donors (Lipinski definition) is 0. The summed E-state index contributed by atoms with van der Waals surface area (Å²) in [5, 5.41) is 1.56. The highest BCUT2D eigenvalue weighted by Crippen LogP contribution is 2.23. The zero-order valence-corrected chi connectivity index (χ0v) is 14.6. The third kappa shape index (κ3) is 4.17. The average molecular weight is 328 g/mol. The van der Waals surface area contributed by atoms with E-state index in [1.54, 1.807) is 0 Å². The van der Waals surface area contributed by atoms with Crippen LogP contribution in [0.15, 0.2) is 66.7 Å². The van der Waals surface area contributed by atoms with E-state index in [2.05, 4.69) is 37.0 Å². The molecule has 0 amide bonds. The molecule has 0 atom stereocenters. The number of halogens is 1. The van der Waals surface area contributed by atoms with Crippen molar-refractivity contribution < 1.29 is 4.39 Å². The smallest absolute Gasteiger partial charge is 0.134 e. The van der Waals surface area contributed by atoms with E-state index in [4.69, 9.17) is 0 Å². The topological polar surface area (TPSA) is 0 Å². The van der Waals surface area contributed by atoms with Gasteiger partial charge in [-0.1, -0.05) is 59.9 Å². The minimum Gasteiger partial charge on any atom is -0.206 e. The van der Waals surface area contributed by atoms with Crippen LogP contribution in [0.4, 0.5) is 4.39 Å². The van der Waals surface area contributed by atoms with Crippen LogP contribution in [-0.4, -0.2) is 0 Å². The standard InChI is InChI=1S/C24H21F/c1-3-4-5-6-21-14-15-22-17-20(13-16-23(22)24(21)25)12-11-19-9-7-18(2)8-10-19/h3-4,7-10,13-17H,5-6H2,1-2H3/b4-3+. The minimum atomic E-state index is -0.111. The third-order valence-corrected chi connectivity index (χ3v) is 4.25. The van der Waals surface area contributed by atoms with Gasteiger partial charge in [0.25, 0.3) is 0 Å². The molecule has 3 aromatic carbocycles. The van der Waals surface area contributed by atoms with Gasteiger partial charge in [-0.2, -0.15) is 0 Å².